The molecule has 4 rings (SSSR count). The number of aryl methyl sites for hydroxylation is 2. The lowest BCUT2D eigenvalue weighted by atomic mass is 9.84. The summed E-state index contributed by atoms with van der Waals surface area (Å²) in [7, 11) is 0. The van der Waals surface area contributed by atoms with Crippen molar-refractivity contribution in [3.63, 3.8) is 0 Å². The third kappa shape index (κ3) is 2.71. The molecular weight excluding hydrogens is 320 g/mol. The number of rotatable bonds is 1. The standard InChI is InChI=1S/C22H22N4/c1-13-7-6-8-17-19(13)24-12-25-20(17)15-9-16-11-23-14(2)26-21(16)18(10-15)22(3,4)5/h6-12H,1-5H3. The van der Waals surface area contributed by atoms with Crippen molar-refractivity contribution >= 4 is 21.8 Å². The molecule has 4 aromatic rings. The van der Waals surface area contributed by atoms with Crippen LogP contribution in [-0.4, -0.2) is 19.9 Å². The third-order valence-electron chi connectivity index (χ3n) is 4.75. The maximum atomic E-state index is 4.71. The van der Waals surface area contributed by atoms with E-state index in [1.165, 1.54) is 5.56 Å². The molecule has 0 aliphatic heterocycles. The molecular formula is C22H22N4. The number of hydrogen-bond acceptors (Lipinski definition) is 4. The van der Waals surface area contributed by atoms with Gasteiger partial charge in [-0.15, -0.1) is 0 Å². The third-order valence-corrected chi connectivity index (χ3v) is 4.75. The second-order valence-corrected chi connectivity index (χ2v) is 7.82. The first-order valence-electron chi connectivity index (χ1n) is 8.83. The molecule has 0 N–H and O–H groups in total. The fourth-order valence-electron chi connectivity index (χ4n) is 3.41. The first-order chi connectivity index (χ1) is 12.3. The Morgan fingerprint density at radius 3 is 2.46 bits per heavy atom. The average Bonchev–Trinajstić information content (AvgIpc) is 2.60. The first kappa shape index (κ1) is 16.6. The molecule has 0 saturated carbocycles. The van der Waals surface area contributed by atoms with E-state index in [0.717, 1.165) is 44.5 Å². The van der Waals surface area contributed by atoms with Crippen LogP contribution in [-0.2, 0) is 5.41 Å². The number of aromatic nitrogens is 4. The highest BCUT2D eigenvalue weighted by Crippen LogP contribution is 2.35. The molecule has 4 nitrogen and oxygen atoms in total. The van der Waals surface area contributed by atoms with E-state index in [4.69, 9.17) is 4.98 Å². The Morgan fingerprint density at radius 2 is 1.69 bits per heavy atom. The largest absolute Gasteiger partial charge is 0.241 e. The van der Waals surface area contributed by atoms with Crippen molar-refractivity contribution in [1.82, 2.24) is 19.9 Å². The molecule has 2 aromatic carbocycles. The van der Waals surface area contributed by atoms with Gasteiger partial charge in [0.1, 0.15) is 12.2 Å². The van der Waals surface area contributed by atoms with Gasteiger partial charge in [0.15, 0.2) is 0 Å². The summed E-state index contributed by atoms with van der Waals surface area (Å²) in [6.45, 7) is 10.7. The molecule has 0 bridgehead atoms. The second-order valence-electron chi connectivity index (χ2n) is 7.82. The molecule has 0 spiro atoms. The molecule has 2 heterocycles. The number of fused-ring (bicyclic) bond motifs is 2. The van der Waals surface area contributed by atoms with Gasteiger partial charge in [-0.25, -0.2) is 19.9 Å². The van der Waals surface area contributed by atoms with Crippen molar-refractivity contribution < 1.29 is 0 Å². The van der Waals surface area contributed by atoms with E-state index in [9.17, 15) is 0 Å². The highest BCUT2D eigenvalue weighted by Gasteiger charge is 2.21. The Kier molecular flexibility index (Phi) is 3.72. The lowest BCUT2D eigenvalue weighted by Crippen LogP contribution is -2.13. The first-order valence-corrected chi connectivity index (χ1v) is 8.83. The summed E-state index contributed by atoms with van der Waals surface area (Å²) in [5.41, 5.74) is 6.36. The molecule has 2 aromatic heterocycles. The second kappa shape index (κ2) is 5.84. The number of hydrogen-bond donors (Lipinski definition) is 0. The highest BCUT2D eigenvalue weighted by atomic mass is 14.9. The van der Waals surface area contributed by atoms with Crippen LogP contribution < -0.4 is 0 Å². The molecule has 0 unspecified atom stereocenters. The van der Waals surface area contributed by atoms with Gasteiger partial charge in [-0.2, -0.15) is 0 Å². The van der Waals surface area contributed by atoms with Crippen molar-refractivity contribution in [2.45, 2.75) is 40.0 Å². The predicted octanol–water partition coefficient (Wildman–Crippen LogP) is 5.15. The van der Waals surface area contributed by atoms with Crippen molar-refractivity contribution in [3.05, 3.63) is 59.8 Å². The minimum absolute atomic E-state index is 0.0339. The van der Waals surface area contributed by atoms with Gasteiger partial charge in [-0.05, 0) is 42.5 Å². The van der Waals surface area contributed by atoms with E-state index < -0.39 is 0 Å². The molecule has 0 atom stereocenters. The van der Waals surface area contributed by atoms with Gasteiger partial charge in [0.05, 0.1) is 16.7 Å². The van der Waals surface area contributed by atoms with Crippen LogP contribution in [0.5, 0.6) is 0 Å². The Labute approximate surface area is 153 Å². The zero-order valence-corrected chi connectivity index (χ0v) is 15.8. The van der Waals surface area contributed by atoms with Gasteiger partial charge in [0.25, 0.3) is 0 Å². The Morgan fingerprint density at radius 1 is 0.885 bits per heavy atom. The summed E-state index contributed by atoms with van der Waals surface area (Å²) < 4.78 is 0. The van der Waals surface area contributed by atoms with Crippen LogP contribution in [0.15, 0.2) is 42.9 Å². The van der Waals surface area contributed by atoms with Gasteiger partial charge >= 0.3 is 0 Å². The van der Waals surface area contributed by atoms with E-state index in [1.807, 2.05) is 13.1 Å². The highest BCUT2D eigenvalue weighted by molar-refractivity contribution is 5.96. The lowest BCUT2D eigenvalue weighted by molar-refractivity contribution is 0.594. The van der Waals surface area contributed by atoms with Crippen LogP contribution in [0.1, 0.15) is 37.7 Å². The lowest BCUT2D eigenvalue weighted by Gasteiger charge is -2.22. The molecule has 26 heavy (non-hydrogen) atoms. The minimum Gasteiger partial charge on any atom is -0.241 e. The van der Waals surface area contributed by atoms with Gasteiger partial charge in [0.2, 0.25) is 0 Å². The predicted molar refractivity (Wildman–Crippen MR) is 106 cm³/mol. The van der Waals surface area contributed by atoms with Crippen molar-refractivity contribution in [2.75, 3.05) is 0 Å². The monoisotopic (exact) mass is 342 g/mol. The minimum atomic E-state index is -0.0339. The fourth-order valence-corrected chi connectivity index (χ4v) is 3.41. The molecule has 0 radical (unpaired) electrons. The zero-order valence-electron chi connectivity index (χ0n) is 15.8. The quantitative estimate of drug-likeness (QED) is 0.480. The van der Waals surface area contributed by atoms with Crippen LogP contribution in [0, 0.1) is 13.8 Å². The summed E-state index contributed by atoms with van der Waals surface area (Å²) in [6, 6.07) is 10.6. The molecule has 0 amide bonds. The van der Waals surface area contributed by atoms with Crippen molar-refractivity contribution in [1.29, 1.82) is 0 Å². The number of benzene rings is 2. The Hall–Kier alpha value is -2.88. The topological polar surface area (TPSA) is 51.6 Å². The molecule has 0 fully saturated rings. The Bertz CT molecular complexity index is 1140. The molecule has 0 aliphatic rings. The van der Waals surface area contributed by atoms with Crippen LogP contribution in [0.3, 0.4) is 0 Å². The van der Waals surface area contributed by atoms with Gasteiger partial charge in [-0.3, -0.25) is 0 Å². The normalized spacial score (nSPS) is 12.0. The summed E-state index contributed by atoms with van der Waals surface area (Å²) in [5, 5.41) is 2.11. The van der Waals surface area contributed by atoms with Crippen molar-refractivity contribution in [2.24, 2.45) is 0 Å². The van der Waals surface area contributed by atoms with Crippen LogP contribution in [0.4, 0.5) is 0 Å². The number of nitrogens with zero attached hydrogens (tertiary/aromatic N) is 4. The van der Waals surface area contributed by atoms with E-state index >= 15 is 0 Å². The summed E-state index contributed by atoms with van der Waals surface area (Å²) >= 11 is 0. The Balaban J connectivity index is 2.08. The van der Waals surface area contributed by atoms with Crippen LogP contribution >= 0.6 is 0 Å². The zero-order chi connectivity index (χ0) is 18.5. The SMILES string of the molecule is Cc1ncc2cc(-c3ncnc4c(C)cccc34)cc(C(C)(C)C)c2n1. The van der Waals surface area contributed by atoms with Gasteiger partial charge in [0, 0.05) is 22.5 Å². The van der Waals surface area contributed by atoms with Crippen LogP contribution in [0.2, 0.25) is 0 Å². The molecule has 130 valence electrons. The van der Waals surface area contributed by atoms with Gasteiger partial charge in [-0.1, -0.05) is 39.0 Å². The summed E-state index contributed by atoms with van der Waals surface area (Å²) in [6.07, 6.45) is 3.56. The summed E-state index contributed by atoms with van der Waals surface area (Å²) in [4.78, 5) is 18.2. The van der Waals surface area contributed by atoms with Crippen molar-refractivity contribution in [3.8, 4) is 11.3 Å². The maximum absolute atomic E-state index is 4.71. The average molecular weight is 342 g/mol. The maximum Gasteiger partial charge on any atom is 0.125 e. The van der Waals surface area contributed by atoms with Crippen LogP contribution in [0.25, 0.3) is 33.1 Å². The fraction of sp³-hybridized carbons (Fsp3) is 0.273. The molecule has 0 saturated heterocycles. The molecule has 0 aliphatic carbocycles. The van der Waals surface area contributed by atoms with E-state index in [-0.39, 0.29) is 5.41 Å². The molecule has 4 heteroatoms. The van der Waals surface area contributed by atoms with E-state index in [2.05, 4.69) is 73.0 Å². The smallest absolute Gasteiger partial charge is 0.125 e. The number of para-hydroxylation sites is 1. The van der Waals surface area contributed by atoms with Gasteiger partial charge < -0.3 is 0 Å². The summed E-state index contributed by atoms with van der Waals surface area (Å²) in [5.74, 6) is 0.791. The van der Waals surface area contributed by atoms with E-state index in [1.54, 1.807) is 6.33 Å². The van der Waals surface area contributed by atoms with E-state index in [0.29, 0.717) is 0 Å².